The first kappa shape index (κ1) is 11.1. The van der Waals surface area contributed by atoms with Crippen LogP contribution in [0, 0.1) is 24.0 Å². The van der Waals surface area contributed by atoms with Gasteiger partial charge in [0.15, 0.2) is 5.69 Å². The lowest BCUT2D eigenvalue weighted by molar-refractivity contribution is -0.383. The van der Waals surface area contributed by atoms with E-state index < -0.39 is 4.92 Å². The summed E-state index contributed by atoms with van der Waals surface area (Å²) in [5.41, 5.74) is 7.89. The Morgan fingerprint density at radius 2 is 1.88 bits per heavy atom. The normalized spacial score (nSPS) is 10.5. The molecule has 2 N–H and O–H groups in total. The second-order valence-electron chi connectivity index (χ2n) is 3.88. The van der Waals surface area contributed by atoms with E-state index in [9.17, 15) is 10.1 Å². The van der Waals surface area contributed by atoms with Crippen molar-refractivity contribution >= 4 is 11.6 Å². The summed E-state index contributed by atoms with van der Waals surface area (Å²) < 4.78 is 4.68. The van der Waals surface area contributed by atoms with Crippen LogP contribution < -0.4 is 5.73 Å². The molecule has 0 radical (unpaired) electrons. The lowest BCUT2D eigenvalue weighted by Gasteiger charge is -2.00. The van der Waals surface area contributed by atoms with Crippen LogP contribution in [-0.4, -0.2) is 10.1 Å². The largest absolute Gasteiger partial charge is 0.362 e. The van der Waals surface area contributed by atoms with Gasteiger partial charge in [-0.2, -0.15) is 0 Å². The maximum atomic E-state index is 10.9. The van der Waals surface area contributed by atoms with Crippen molar-refractivity contribution < 1.29 is 9.45 Å². The Morgan fingerprint density at radius 1 is 1.29 bits per heavy atom. The molecule has 0 spiro atoms. The van der Waals surface area contributed by atoms with Crippen molar-refractivity contribution in [2.75, 3.05) is 5.73 Å². The lowest BCUT2D eigenvalue weighted by atomic mass is 10.0. The molecule has 0 saturated heterocycles. The molecule has 0 bridgehead atoms. The van der Waals surface area contributed by atoms with Crippen LogP contribution in [0.1, 0.15) is 11.1 Å². The molecule has 0 aliphatic rings. The summed E-state index contributed by atoms with van der Waals surface area (Å²) >= 11 is 0. The third-order valence-electron chi connectivity index (χ3n) is 2.37. The quantitative estimate of drug-likeness (QED) is 0.634. The summed E-state index contributed by atoms with van der Waals surface area (Å²) in [6.45, 7) is 3.82. The molecule has 6 nitrogen and oxygen atoms in total. The topological polar surface area (TPSA) is 95.2 Å². The van der Waals surface area contributed by atoms with E-state index in [1.807, 2.05) is 19.9 Å². The first-order chi connectivity index (χ1) is 7.99. The molecule has 17 heavy (non-hydrogen) atoms. The van der Waals surface area contributed by atoms with Crippen molar-refractivity contribution in [3.63, 3.8) is 0 Å². The summed E-state index contributed by atoms with van der Waals surface area (Å²) in [6, 6.07) is 5.58. The fourth-order valence-corrected chi connectivity index (χ4v) is 1.78. The van der Waals surface area contributed by atoms with Crippen LogP contribution >= 0.6 is 0 Å². The molecule has 0 unspecified atom stereocenters. The minimum atomic E-state index is -0.584. The molecule has 1 aromatic heterocycles. The number of aryl methyl sites for hydroxylation is 2. The van der Waals surface area contributed by atoms with Gasteiger partial charge >= 0.3 is 11.6 Å². The number of nitrogens with two attached hydrogens (primary N) is 1. The average Bonchev–Trinajstić information content (AvgIpc) is 2.58. The third-order valence-corrected chi connectivity index (χ3v) is 2.37. The highest BCUT2D eigenvalue weighted by molar-refractivity contribution is 5.75. The Bertz CT molecular complexity index is 569. The minimum absolute atomic E-state index is 0.166. The molecule has 1 heterocycles. The average molecular weight is 233 g/mol. The van der Waals surface area contributed by atoms with Gasteiger partial charge in [0.1, 0.15) is 0 Å². The van der Waals surface area contributed by atoms with Crippen molar-refractivity contribution in [2.45, 2.75) is 13.8 Å². The predicted octanol–water partition coefficient (Wildman–Crippen LogP) is 2.45. The molecule has 0 amide bonds. The van der Waals surface area contributed by atoms with Crippen LogP contribution in [0.4, 0.5) is 11.6 Å². The Morgan fingerprint density at radius 3 is 2.41 bits per heavy atom. The Hall–Kier alpha value is -2.37. The van der Waals surface area contributed by atoms with Crippen LogP contribution in [0.3, 0.4) is 0 Å². The maximum Gasteiger partial charge on any atom is 0.360 e. The SMILES string of the molecule is Cc1cc(C)cc(-c2noc(N)c2[N+](=O)[O-])c1. The Labute approximate surface area is 97.2 Å². The molecule has 88 valence electrons. The van der Waals surface area contributed by atoms with Gasteiger partial charge < -0.3 is 10.3 Å². The van der Waals surface area contributed by atoms with Gasteiger partial charge in [-0.25, -0.2) is 0 Å². The summed E-state index contributed by atoms with van der Waals surface area (Å²) in [5.74, 6) is -0.274. The van der Waals surface area contributed by atoms with E-state index in [1.165, 1.54) is 0 Å². The molecule has 1 aromatic carbocycles. The van der Waals surface area contributed by atoms with E-state index in [0.717, 1.165) is 11.1 Å². The van der Waals surface area contributed by atoms with Gasteiger partial charge in [0.2, 0.25) is 0 Å². The zero-order valence-electron chi connectivity index (χ0n) is 9.43. The fourth-order valence-electron chi connectivity index (χ4n) is 1.78. The lowest BCUT2D eigenvalue weighted by Crippen LogP contribution is -1.94. The van der Waals surface area contributed by atoms with Gasteiger partial charge in [0.25, 0.3) is 0 Å². The number of aromatic nitrogens is 1. The molecule has 0 atom stereocenters. The summed E-state index contributed by atoms with van der Waals surface area (Å²) in [7, 11) is 0. The minimum Gasteiger partial charge on any atom is -0.362 e. The smallest absolute Gasteiger partial charge is 0.360 e. The highest BCUT2D eigenvalue weighted by Gasteiger charge is 2.26. The molecule has 0 aliphatic carbocycles. The van der Waals surface area contributed by atoms with E-state index >= 15 is 0 Å². The molecule has 2 rings (SSSR count). The fraction of sp³-hybridized carbons (Fsp3) is 0.182. The molecule has 0 fully saturated rings. The number of hydrogen-bond donors (Lipinski definition) is 1. The van der Waals surface area contributed by atoms with Gasteiger partial charge in [-0.15, -0.1) is 0 Å². The van der Waals surface area contributed by atoms with E-state index in [0.29, 0.717) is 5.56 Å². The molecule has 2 aromatic rings. The highest BCUT2D eigenvalue weighted by Crippen LogP contribution is 2.34. The van der Waals surface area contributed by atoms with Crippen molar-refractivity contribution in [3.05, 3.63) is 39.4 Å². The number of benzene rings is 1. The first-order valence-corrected chi connectivity index (χ1v) is 4.97. The van der Waals surface area contributed by atoms with Gasteiger partial charge in [-0.05, 0) is 26.0 Å². The number of anilines is 1. The summed E-state index contributed by atoms with van der Waals surface area (Å²) in [6.07, 6.45) is 0. The molecule has 0 saturated carbocycles. The van der Waals surface area contributed by atoms with E-state index in [4.69, 9.17) is 5.73 Å². The highest BCUT2D eigenvalue weighted by atomic mass is 16.6. The van der Waals surface area contributed by atoms with E-state index in [-0.39, 0.29) is 17.3 Å². The van der Waals surface area contributed by atoms with Gasteiger partial charge in [0, 0.05) is 5.56 Å². The molecule has 6 heteroatoms. The first-order valence-electron chi connectivity index (χ1n) is 4.97. The van der Waals surface area contributed by atoms with E-state index in [1.54, 1.807) is 12.1 Å². The second-order valence-corrected chi connectivity index (χ2v) is 3.88. The van der Waals surface area contributed by atoms with Gasteiger partial charge in [0.05, 0.1) is 4.92 Å². The molecular weight excluding hydrogens is 222 g/mol. The zero-order chi connectivity index (χ0) is 12.6. The van der Waals surface area contributed by atoms with Gasteiger partial charge in [-0.1, -0.05) is 22.3 Å². The van der Waals surface area contributed by atoms with E-state index in [2.05, 4.69) is 9.68 Å². The second kappa shape index (κ2) is 3.89. The third kappa shape index (κ3) is 1.96. The van der Waals surface area contributed by atoms with Crippen LogP contribution in [0.15, 0.2) is 22.7 Å². The molecular formula is C11H11N3O3. The zero-order valence-corrected chi connectivity index (χ0v) is 9.43. The Kier molecular flexibility index (Phi) is 2.55. The standard InChI is InChI=1S/C11H11N3O3/c1-6-3-7(2)5-8(4-6)9-10(14(15)16)11(12)17-13-9/h3-5H,12H2,1-2H3. The van der Waals surface area contributed by atoms with Crippen molar-refractivity contribution in [2.24, 2.45) is 0 Å². The predicted molar refractivity (Wildman–Crippen MR) is 62.5 cm³/mol. The summed E-state index contributed by atoms with van der Waals surface area (Å²) in [4.78, 5) is 10.3. The number of rotatable bonds is 2. The number of nitro groups is 1. The Balaban J connectivity index is 2.64. The van der Waals surface area contributed by atoms with Crippen LogP contribution in [-0.2, 0) is 0 Å². The van der Waals surface area contributed by atoms with Crippen molar-refractivity contribution in [1.82, 2.24) is 5.16 Å². The number of nitrogen functional groups attached to an aromatic ring is 1. The number of hydrogen-bond acceptors (Lipinski definition) is 5. The maximum absolute atomic E-state index is 10.9. The van der Waals surface area contributed by atoms with Gasteiger partial charge in [-0.3, -0.25) is 10.1 Å². The van der Waals surface area contributed by atoms with Crippen molar-refractivity contribution in [1.29, 1.82) is 0 Å². The van der Waals surface area contributed by atoms with Crippen molar-refractivity contribution in [3.8, 4) is 11.3 Å². The van der Waals surface area contributed by atoms with Crippen LogP contribution in [0.25, 0.3) is 11.3 Å². The van der Waals surface area contributed by atoms with Crippen LogP contribution in [0.2, 0.25) is 0 Å². The number of nitrogens with zero attached hydrogens (tertiary/aromatic N) is 2. The summed E-state index contributed by atoms with van der Waals surface area (Å²) in [5, 5.41) is 14.5. The molecule has 0 aliphatic heterocycles. The van der Waals surface area contributed by atoms with Crippen LogP contribution in [0.5, 0.6) is 0 Å². The monoisotopic (exact) mass is 233 g/mol.